The lowest BCUT2D eigenvalue weighted by Crippen LogP contribution is -2.06. The van der Waals surface area contributed by atoms with Crippen molar-refractivity contribution >= 4 is 11.6 Å². The molecule has 0 bridgehead atoms. The Morgan fingerprint density at radius 1 is 0.630 bits per heavy atom. The molecule has 0 N–H and O–H groups in total. The minimum atomic E-state index is 0.585. The number of hydrogen-bond acceptors (Lipinski definition) is 0. The number of fused-ring (bicyclic) bond motifs is 2. The summed E-state index contributed by atoms with van der Waals surface area (Å²) >= 11 is 0. The van der Waals surface area contributed by atoms with Crippen LogP contribution in [0.1, 0.15) is 90.0 Å². The molecule has 2 aliphatic rings. The van der Waals surface area contributed by atoms with Crippen LogP contribution in [0.25, 0.3) is 11.6 Å². The van der Waals surface area contributed by atoms with E-state index in [9.17, 15) is 0 Å². The van der Waals surface area contributed by atoms with E-state index >= 15 is 0 Å². The zero-order valence-electron chi connectivity index (χ0n) is 18.0. The Morgan fingerprint density at radius 2 is 1.19 bits per heavy atom. The third-order valence-corrected chi connectivity index (χ3v) is 7.25. The Hall–Kier alpha value is -2.08. The molecule has 2 aromatic carbocycles. The Bertz CT molecular complexity index is 997. The third kappa shape index (κ3) is 2.73. The van der Waals surface area contributed by atoms with Gasteiger partial charge < -0.3 is 0 Å². The first-order chi connectivity index (χ1) is 12.8. The van der Waals surface area contributed by atoms with Crippen molar-refractivity contribution in [3.05, 3.63) is 79.9 Å². The number of allylic oxidation sites excluding steroid dienone is 3. The van der Waals surface area contributed by atoms with Crippen LogP contribution in [0.5, 0.6) is 0 Å². The molecule has 27 heavy (non-hydrogen) atoms. The molecular weight excluding hydrogens is 324 g/mol. The molecule has 0 fully saturated rings. The van der Waals surface area contributed by atoms with E-state index in [-0.39, 0.29) is 0 Å². The highest BCUT2D eigenvalue weighted by molar-refractivity contribution is 5.80. The van der Waals surface area contributed by atoms with E-state index in [1.165, 1.54) is 51.8 Å². The molecule has 0 heteroatoms. The van der Waals surface area contributed by atoms with Crippen molar-refractivity contribution in [2.45, 2.75) is 73.1 Å². The second-order valence-electron chi connectivity index (χ2n) is 8.89. The van der Waals surface area contributed by atoms with E-state index < -0.39 is 0 Å². The lowest BCUT2D eigenvalue weighted by molar-refractivity contribution is 0.607. The largest absolute Gasteiger partial charge is 0.0652 e. The Labute approximate surface area is 165 Å². The van der Waals surface area contributed by atoms with Gasteiger partial charge in [0, 0.05) is 11.8 Å². The van der Waals surface area contributed by atoms with E-state index in [1.54, 1.807) is 22.3 Å². The normalized spacial score (nSPS) is 20.8. The number of rotatable bonds is 3. The van der Waals surface area contributed by atoms with Gasteiger partial charge in [0.05, 0.1) is 0 Å². The van der Waals surface area contributed by atoms with Gasteiger partial charge in [0.1, 0.15) is 0 Å². The molecule has 0 aromatic heterocycles. The fourth-order valence-electron chi connectivity index (χ4n) is 5.59. The average Bonchev–Trinajstić information content (AvgIpc) is 3.10. The summed E-state index contributed by atoms with van der Waals surface area (Å²) in [5, 5.41) is 0. The molecule has 0 spiro atoms. The van der Waals surface area contributed by atoms with Crippen LogP contribution in [0.15, 0.2) is 35.4 Å². The maximum atomic E-state index is 2.44. The first-order valence-corrected chi connectivity index (χ1v) is 10.4. The van der Waals surface area contributed by atoms with Crippen LogP contribution in [0.2, 0.25) is 0 Å². The Kier molecular flexibility index (Phi) is 4.41. The van der Waals surface area contributed by atoms with Gasteiger partial charge in [-0.1, -0.05) is 41.5 Å². The second kappa shape index (κ2) is 6.51. The van der Waals surface area contributed by atoms with E-state index in [0.29, 0.717) is 11.8 Å². The van der Waals surface area contributed by atoms with Gasteiger partial charge in [0.2, 0.25) is 0 Å². The Morgan fingerprint density at radius 3 is 1.89 bits per heavy atom. The van der Waals surface area contributed by atoms with Gasteiger partial charge in [0.25, 0.3) is 0 Å². The lowest BCUT2D eigenvalue weighted by atomic mass is 9.82. The molecule has 0 amide bonds. The van der Waals surface area contributed by atoms with Crippen LogP contribution in [0, 0.1) is 27.7 Å². The van der Waals surface area contributed by atoms with Crippen molar-refractivity contribution in [1.29, 1.82) is 0 Å². The van der Waals surface area contributed by atoms with Crippen LogP contribution >= 0.6 is 0 Å². The monoisotopic (exact) mass is 356 g/mol. The van der Waals surface area contributed by atoms with Crippen LogP contribution < -0.4 is 0 Å². The van der Waals surface area contributed by atoms with E-state index in [0.717, 1.165) is 0 Å². The molecule has 2 atom stereocenters. The second-order valence-corrected chi connectivity index (χ2v) is 8.89. The van der Waals surface area contributed by atoms with Crippen molar-refractivity contribution in [3.8, 4) is 0 Å². The van der Waals surface area contributed by atoms with Crippen LogP contribution in [-0.2, 0) is 0 Å². The molecule has 140 valence electrons. The molecule has 4 rings (SSSR count). The third-order valence-electron chi connectivity index (χ3n) is 7.25. The molecule has 0 aliphatic heterocycles. The lowest BCUT2D eigenvalue weighted by Gasteiger charge is -2.22. The van der Waals surface area contributed by atoms with Crippen molar-refractivity contribution in [3.63, 3.8) is 0 Å². The summed E-state index contributed by atoms with van der Waals surface area (Å²) in [6, 6.07) is 9.19. The molecule has 0 nitrogen and oxygen atoms in total. The summed E-state index contributed by atoms with van der Waals surface area (Å²) in [5.41, 5.74) is 16.6. The minimum absolute atomic E-state index is 0.585. The van der Waals surface area contributed by atoms with E-state index in [4.69, 9.17) is 0 Å². The molecular formula is C27H32. The van der Waals surface area contributed by atoms with Gasteiger partial charge in [-0.2, -0.15) is 0 Å². The molecule has 0 saturated carbocycles. The van der Waals surface area contributed by atoms with Gasteiger partial charge in [-0.15, -0.1) is 0 Å². The van der Waals surface area contributed by atoms with Gasteiger partial charge in [-0.25, -0.2) is 0 Å². The predicted molar refractivity (Wildman–Crippen MR) is 118 cm³/mol. The van der Waals surface area contributed by atoms with Crippen molar-refractivity contribution in [2.75, 3.05) is 0 Å². The summed E-state index contributed by atoms with van der Waals surface area (Å²) in [5.74, 6) is 1.17. The Balaban J connectivity index is 1.67. The quantitative estimate of drug-likeness (QED) is 0.526. The molecule has 2 unspecified atom stereocenters. The summed E-state index contributed by atoms with van der Waals surface area (Å²) in [4.78, 5) is 0. The number of benzene rings is 2. The van der Waals surface area contributed by atoms with Crippen LogP contribution in [0.4, 0.5) is 0 Å². The van der Waals surface area contributed by atoms with Crippen LogP contribution in [0.3, 0.4) is 0 Å². The fraction of sp³-hybridized carbons (Fsp3) is 0.407. The van der Waals surface area contributed by atoms with Crippen molar-refractivity contribution in [1.82, 2.24) is 0 Å². The van der Waals surface area contributed by atoms with Crippen molar-refractivity contribution < 1.29 is 0 Å². The molecule has 2 aromatic rings. The van der Waals surface area contributed by atoms with Crippen LogP contribution in [-0.4, -0.2) is 0 Å². The number of hydrogen-bond donors (Lipinski definition) is 0. The molecule has 0 radical (unpaired) electrons. The SMILES string of the molecule is CC1=Cc2c(C)ccc(C)c2C1CCC1C(C)=C(C)c2c(C)ccc(C)c21. The average molecular weight is 357 g/mol. The topological polar surface area (TPSA) is 0 Å². The smallest absolute Gasteiger partial charge is 0.00604 e. The highest BCUT2D eigenvalue weighted by Crippen LogP contribution is 2.49. The van der Waals surface area contributed by atoms with Crippen molar-refractivity contribution in [2.24, 2.45) is 0 Å². The fourth-order valence-corrected chi connectivity index (χ4v) is 5.59. The van der Waals surface area contributed by atoms with Gasteiger partial charge in [-0.05, 0) is 111 Å². The minimum Gasteiger partial charge on any atom is -0.0652 e. The molecule has 0 heterocycles. The highest BCUT2D eigenvalue weighted by atomic mass is 14.4. The summed E-state index contributed by atoms with van der Waals surface area (Å²) in [6.07, 6.45) is 4.92. The van der Waals surface area contributed by atoms with Gasteiger partial charge in [0.15, 0.2) is 0 Å². The number of aryl methyl sites for hydroxylation is 4. The first kappa shape index (κ1) is 18.3. The molecule has 0 saturated heterocycles. The van der Waals surface area contributed by atoms with Gasteiger partial charge >= 0.3 is 0 Å². The zero-order valence-corrected chi connectivity index (χ0v) is 18.0. The standard InChI is InChI=1S/C27H32/c1-15-8-9-17(3)26-22(19(5)14-24(15)26)12-13-23-20(6)21(7)25-16(2)10-11-18(4)27(23)25/h8-11,14,22-23H,12-13H2,1-7H3. The summed E-state index contributed by atoms with van der Waals surface area (Å²) in [6.45, 7) is 16.1. The van der Waals surface area contributed by atoms with E-state index in [1.807, 2.05) is 0 Å². The summed E-state index contributed by atoms with van der Waals surface area (Å²) in [7, 11) is 0. The maximum absolute atomic E-state index is 2.44. The zero-order chi connectivity index (χ0) is 19.5. The first-order valence-electron chi connectivity index (χ1n) is 10.4. The van der Waals surface area contributed by atoms with Gasteiger partial charge in [-0.3, -0.25) is 0 Å². The summed E-state index contributed by atoms with van der Waals surface area (Å²) < 4.78 is 0. The predicted octanol–water partition coefficient (Wildman–Crippen LogP) is 7.79. The van der Waals surface area contributed by atoms with E-state index in [2.05, 4.69) is 78.8 Å². The highest BCUT2D eigenvalue weighted by Gasteiger charge is 2.32. The molecule has 2 aliphatic carbocycles. The maximum Gasteiger partial charge on any atom is 0.00604 e.